The number of allylic oxidation sites excluding steroid dienone is 3. The normalized spacial score (nSPS) is 25.2. The number of carboxylic acid groups (broad SMARTS) is 1. The number of ketones is 1. The monoisotopic (exact) mass is 352 g/mol. The molecule has 1 saturated carbocycles. The van der Waals surface area contributed by atoms with E-state index < -0.39 is 18.2 Å². The van der Waals surface area contributed by atoms with Crippen molar-refractivity contribution in [1.29, 1.82) is 0 Å². The van der Waals surface area contributed by atoms with Crippen LogP contribution >= 0.6 is 0 Å². The number of rotatable bonds is 12. The average molecular weight is 352 g/mol. The van der Waals surface area contributed by atoms with Crippen LogP contribution in [0.5, 0.6) is 0 Å². The molecule has 0 amide bonds. The molecule has 3 N–H and O–H groups in total. The molecule has 142 valence electrons. The molecule has 0 radical (unpaired) electrons. The molecule has 0 unspecified atom stereocenters. The predicted molar refractivity (Wildman–Crippen MR) is 97.1 cm³/mol. The van der Waals surface area contributed by atoms with Gasteiger partial charge in [0.2, 0.25) is 0 Å². The van der Waals surface area contributed by atoms with E-state index >= 15 is 0 Å². The lowest BCUT2D eigenvalue weighted by Gasteiger charge is -2.17. The van der Waals surface area contributed by atoms with Crippen molar-refractivity contribution in [2.45, 2.75) is 76.9 Å². The number of Topliss-reactive ketones (excluding diaryl/α,β-unsaturated/α-hetero) is 1. The van der Waals surface area contributed by atoms with Gasteiger partial charge < -0.3 is 15.3 Å². The molecule has 0 aromatic rings. The molecule has 0 aliphatic heterocycles. The summed E-state index contributed by atoms with van der Waals surface area (Å²) in [5, 5.41) is 28.7. The number of carbonyl (C=O) groups is 2. The van der Waals surface area contributed by atoms with E-state index in [1.165, 1.54) is 0 Å². The van der Waals surface area contributed by atoms with Crippen LogP contribution in [0.1, 0.15) is 64.7 Å². The summed E-state index contributed by atoms with van der Waals surface area (Å²) in [4.78, 5) is 22.5. The molecule has 0 spiro atoms. The van der Waals surface area contributed by atoms with Crippen LogP contribution in [0.25, 0.3) is 0 Å². The molecule has 4 atom stereocenters. The van der Waals surface area contributed by atoms with Gasteiger partial charge in [0.25, 0.3) is 0 Å². The number of carboxylic acids is 1. The van der Waals surface area contributed by atoms with Crippen LogP contribution in [0.2, 0.25) is 0 Å². The van der Waals surface area contributed by atoms with Crippen molar-refractivity contribution in [2.75, 3.05) is 0 Å². The summed E-state index contributed by atoms with van der Waals surface area (Å²) in [6.07, 6.45) is 12.1. The van der Waals surface area contributed by atoms with E-state index in [-0.39, 0.29) is 30.5 Å². The fourth-order valence-corrected chi connectivity index (χ4v) is 3.22. The molecule has 0 aromatic carbocycles. The van der Waals surface area contributed by atoms with Crippen LogP contribution < -0.4 is 0 Å². The maximum atomic E-state index is 12.1. The lowest BCUT2D eigenvalue weighted by molar-refractivity contribution is -0.137. The smallest absolute Gasteiger partial charge is 0.303 e. The third-order valence-electron chi connectivity index (χ3n) is 4.72. The summed E-state index contributed by atoms with van der Waals surface area (Å²) >= 11 is 0. The molecule has 0 bridgehead atoms. The first-order chi connectivity index (χ1) is 12.0. The van der Waals surface area contributed by atoms with Gasteiger partial charge in [0.15, 0.2) is 0 Å². The second kappa shape index (κ2) is 12.0. The maximum absolute atomic E-state index is 12.1. The molecule has 1 aliphatic carbocycles. The first-order valence-corrected chi connectivity index (χ1v) is 9.39. The highest BCUT2D eigenvalue weighted by Gasteiger charge is 2.39. The van der Waals surface area contributed by atoms with Gasteiger partial charge in [-0.15, -0.1) is 0 Å². The summed E-state index contributed by atoms with van der Waals surface area (Å²) in [5.74, 6) is -1.29. The molecule has 1 fully saturated rings. The number of aliphatic hydroxyl groups is 2. The second-order valence-electron chi connectivity index (χ2n) is 6.87. The molecule has 5 nitrogen and oxygen atoms in total. The Morgan fingerprint density at radius 3 is 2.72 bits per heavy atom. The van der Waals surface area contributed by atoms with Crippen LogP contribution in [0.4, 0.5) is 0 Å². The fraction of sp³-hybridized carbons (Fsp3) is 0.700. The third kappa shape index (κ3) is 8.45. The van der Waals surface area contributed by atoms with Gasteiger partial charge in [-0.1, -0.05) is 50.5 Å². The highest BCUT2D eigenvalue weighted by Crippen LogP contribution is 2.33. The van der Waals surface area contributed by atoms with Gasteiger partial charge in [0.05, 0.1) is 12.2 Å². The van der Waals surface area contributed by atoms with Crippen molar-refractivity contribution in [1.82, 2.24) is 0 Å². The standard InChI is InChI=1S/C20H32O5/c1-2-3-6-9-15(21)12-13-17-16(18(22)14-19(17)23)10-7-4-5-8-11-20(24)25/h4,7,12-13,15-18,21-22H,2-3,5-6,8-11,14H2,1H3,(H,24,25)/b7-4+,13-12?/t15-,16+,17+,18-/m0/s1. The van der Waals surface area contributed by atoms with E-state index in [1.807, 2.05) is 12.2 Å². The van der Waals surface area contributed by atoms with Gasteiger partial charge in [-0.05, 0) is 25.7 Å². The maximum Gasteiger partial charge on any atom is 0.303 e. The second-order valence-corrected chi connectivity index (χ2v) is 6.87. The van der Waals surface area contributed by atoms with Crippen molar-refractivity contribution in [3.63, 3.8) is 0 Å². The molecule has 5 heteroatoms. The van der Waals surface area contributed by atoms with Crippen molar-refractivity contribution < 1.29 is 24.9 Å². The largest absolute Gasteiger partial charge is 0.481 e. The lowest BCUT2D eigenvalue weighted by Crippen LogP contribution is -2.19. The Morgan fingerprint density at radius 2 is 2.04 bits per heavy atom. The zero-order chi connectivity index (χ0) is 18.7. The topological polar surface area (TPSA) is 94.8 Å². The average Bonchev–Trinajstić information content (AvgIpc) is 2.82. The Labute approximate surface area is 150 Å². The lowest BCUT2D eigenvalue weighted by atomic mass is 9.90. The first kappa shape index (κ1) is 21.6. The van der Waals surface area contributed by atoms with Crippen molar-refractivity contribution in [3.05, 3.63) is 24.3 Å². The minimum Gasteiger partial charge on any atom is -0.481 e. The Kier molecular flexibility index (Phi) is 10.3. The van der Waals surface area contributed by atoms with E-state index in [9.17, 15) is 19.8 Å². The number of hydrogen-bond acceptors (Lipinski definition) is 4. The predicted octanol–water partition coefficient (Wildman–Crippen LogP) is 3.25. The van der Waals surface area contributed by atoms with Gasteiger partial charge in [-0.3, -0.25) is 9.59 Å². The highest BCUT2D eigenvalue weighted by atomic mass is 16.4. The molecule has 1 rings (SSSR count). The summed E-state index contributed by atoms with van der Waals surface area (Å²) in [5.41, 5.74) is 0. The van der Waals surface area contributed by atoms with Crippen LogP contribution in [0, 0.1) is 11.8 Å². The Balaban J connectivity index is 2.48. The Morgan fingerprint density at radius 1 is 1.28 bits per heavy atom. The van der Waals surface area contributed by atoms with Gasteiger partial charge in [-0.2, -0.15) is 0 Å². The molecule has 0 aromatic heterocycles. The van der Waals surface area contributed by atoms with Gasteiger partial charge in [-0.25, -0.2) is 0 Å². The van der Waals surface area contributed by atoms with Crippen LogP contribution in [-0.4, -0.2) is 39.3 Å². The van der Waals surface area contributed by atoms with Crippen molar-refractivity contribution in [3.8, 4) is 0 Å². The number of aliphatic carboxylic acids is 1. The van der Waals surface area contributed by atoms with Crippen molar-refractivity contribution >= 4 is 11.8 Å². The van der Waals surface area contributed by atoms with Gasteiger partial charge in [0.1, 0.15) is 5.78 Å². The zero-order valence-electron chi connectivity index (χ0n) is 15.1. The summed E-state index contributed by atoms with van der Waals surface area (Å²) in [6, 6.07) is 0. The Bertz CT molecular complexity index is 469. The van der Waals surface area contributed by atoms with E-state index in [4.69, 9.17) is 5.11 Å². The molecule has 0 heterocycles. The summed E-state index contributed by atoms with van der Waals surface area (Å²) in [7, 11) is 0. The van der Waals surface area contributed by atoms with E-state index in [1.54, 1.807) is 12.2 Å². The number of hydrogen-bond donors (Lipinski definition) is 3. The number of unbranched alkanes of at least 4 members (excludes halogenated alkanes) is 3. The minimum atomic E-state index is -0.798. The molecule has 1 aliphatic rings. The van der Waals surface area contributed by atoms with E-state index in [0.717, 1.165) is 19.3 Å². The molecule has 0 saturated heterocycles. The molecular formula is C20H32O5. The number of aliphatic hydroxyl groups excluding tert-OH is 2. The third-order valence-corrected chi connectivity index (χ3v) is 4.72. The van der Waals surface area contributed by atoms with E-state index in [0.29, 0.717) is 25.7 Å². The van der Waals surface area contributed by atoms with Crippen LogP contribution in [0.3, 0.4) is 0 Å². The quantitative estimate of drug-likeness (QED) is 0.370. The summed E-state index contributed by atoms with van der Waals surface area (Å²) in [6.45, 7) is 2.11. The molecule has 25 heavy (non-hydrogen) atoms. The van der Waals surface area contributed by atoms with Crippen molar-refractivity contribution in [2.24, 2.45) is 11.8 Å². The van der Waals surface area contributed by atoms with Crippen LogP contribution in [0.15, 0.2) is 24.3 Å². The zero-order valence-corrected chi connectivity index (χ0v) is 15.1. The van der Waals surface area contributed by atoms with E-state index in [2.05, 4.69) is 6.92 Å². The Hall–Kier alpha value is -1.46. The fourth-order valence-electron chi connectivity index (χ4n) is 3.22. The van der Waals surface area contributed by atoms with Gasteiger partial charge >= 0.3 is 5.97 Å². The van der Waals surface area contributed by atoms with Crippen LogP contribution in [-0.2, 0) is 9.59 Å². The summed E-state index contributed by atoms with van der Waals surface area (Å²) < 4.78 is 0. The highest BCUT2D eigenvalue weighted by molar-refractivity contribution is 5.86. The number of carbonyl (C=O) groups excluding carboxylic acids is 1. The SMILES string of the molecule is CCCCC[C@H](O)C=C[C@H]1C(=O)C[C@H](O)[C@@H]1C/C=C/CCCC(=O)O. The molecular weight excluding hydrogens is 320 g/mol. The van der Waals surface area contributed by atoms with Gasteiger partial charge in [0, 0.05) is 24.7 Å². The first-order valence-electron chi connectivity index (χ1n) is 9.39. The minimum absolute atomic E-state index is 0.0220.